The van der Waals surface area contributed by atoms with Crippen LogP contribution in [0.4, 0.5) is 5.69 Å². The van der Waals surface area contributed by atoms with Gasteiger partial charge in [-0.3, -0.25) is 9.69 Å². The molecule has 1 aromatic heterocycles. The number of aryl methyl sites for hydroxylation is 2. The van der Waals surface area contributed by atoms with Gasteiger partial charge in [-0.05, 0) is 57.9 Å². The van der Waals surface area contributed by atoms with Crippen molar-refractivity contribution in [2.24, 2.45) is 5.92 Å². The summed E-state index contributed by atoms with van der Waals surface area (Å²) < 4.78 is 11.4. The van der Waals surface area contributed by atoms with Crippen molar-refractivity contribution in [2.45, 2.75) is 40.0 Å². The van der Waals surface area contributed by atoms with E-state index in [0.29, 0.717) is 13.2 Å². The second kappa shape index (κ2) is 11.2. The van der Waals surface area contributed by atoms with Gasteiger partial charge >= 0.3 is 0 Å². The van der Waals surface area contributed by atoms with E-state index in [4.69, 9.17) is 9.47 Å². The molecule has 7 heteroatoms. The maximum atomic E-state index is 12.3. The van der Waals surface area contributed by atoms with E-state index in [-0.39, 0.29) is 11.8 Å². The second-order valence-electron chi connectivity index (χ2n) is 8.08. The molecule has 1 aromatic carbocycles. The van der Waals surface area contributed by atoms with Crippen molar-refractivity contribution >= 4 is 11.6 Å². The Kier molecular flexibility index (Phi) is 8.37. The van der Waals surface area contributed by atoms with Crippen molar-refractivity contribution in [2.75, 3.05) is 45.3 Å². The summed E-state index contributed by atoms with van der Waals surface area (Å²) in [6, 6.07) is 5.81. The number of rotatable bonds is 12. The molecule has 1 heterocycles. The van der Waals surface area contributed by atoms with Gasteiger partial charge in [-0.2, -0.15) is 0 Å². The minimum atomic E-state index is 0.0886. The summed E-state index contributed by atoms with van der Waals surface area (Å²) in [5.41, 5.74) is 4.40. The van der Waals surface area contributed by atoms with Gasteiger partial charge in [0.15, 0.2) is 0 Å². The average Bonchev–Trinajstić information content (AvgIpc) is 3.59. The molecular weight excluding hydrogens is 392 g/mol. The molecule has 1 amide bonds. The van der Waals surface area contributed by atoms with Crippen LogP contribution in [0.15, 0.2) is 24.5 Å². The highest BCUT2D eigenvalue weighted by atomic mass is 16.5. The second-order valence-corrected chi connectivity index (χ2v) is 8.08. The molecule has 0 saturated heterocycles. The lowest BCUT2D eigenvalue weighted by atomic mass is 10.0. The Morgan fingerprint density at radius 1 is 1.13 bits per heavy atom. The highest BCUT2D eigenvalue weighted by molar-refractivity contribution is 5.95. The van der Waals surface area contributed by atoms with Crippen LogP contribution in [-0.4, -0.2) is 60.7 Å². The van der Waals surface area contributed by atoms with Crippen LogP contribution in [0.3, 0.4) is 0 Å². The molecule has 0 bridgehead atoms. The number of nitrogens with zero attached hydrogens (tertiary/aromatic N) is 3. The molecule has 0 spiro atoms. The minimum Gasteiger partial charge on any atom is -0.492 e. The summed E-state index contributed by atoms with van der Waals surface area (Å²) in [7, 11) is 1.73. The van der Waals surface area contributed by atoms with E-state index in [1.54, 1.807) is 13.4 Å². The standard InChI is InChI=1S/C24H34N4O3/c1-5-10-28(11-13-30-4)12-14-31-22-9-8-20(27-24(29)19-6-7-19)15-21(22)23-17(2)25-16-26-18(23)3/h8-9,15-16,19H,5-7,10-14H2,1-4H3,(H,27,29). The van der Waals surface area contributed by atoms with E-state index in [9.17, 15) is 4.79 Å². The van der Waals surface area contributed by atoms with Gasteiger partial charge in [0.25, 0.3) is 0 Å². The molecule has 7 nitrogen and oxygen atoms in total. The largest absolute Gasteiger partial charge is 0.492 e. The van der Waals surface area contributed by atoms with E-state index < -0.39 is 0 Å². The highest BCUT2D eigenvalue weighted by Gasteiger charge is 2.29. The molecule has 3 rings (SSSR count). The minimum absolute atomic E-state index is 0.0886. The fraction of sp³-hybridized carbons (Fsp3) is 0.542. The Morgan fingerprint density at radius 3 is 2.48 bits per heavy atom. The van der Waals surface area contributed by atoms with E-state index in [0.717, 1.165) is 72.8 Å². The van der Waals surface area contributed by atoms with E-state index in [2.05, 4.69) is 27.1 Å². The van der Waals surface area contributed by atoms with Gasteiger partial charge in [-0.1, -0.05) is 6.92 Å². The maximum absolute atomic E-state index is 12.3. The molecule has 0 aliphatic heterocycles. The van der Waals surface area contributed by atoms with Crippen molar-refractivity contribution in [1.82, 2.24) is 14.9 Å². The summed E-state index contributed by atoms with van der Waals surface area (Å²) in [5.74, 6) is 1.01. The van der Waals surface area contributed by atoms with Crippen LogP contribution in [0, 0.1) is 19.8 Å². The van der Waals surface area contributed by atoms with Crippen molar-refractivity contribution in [3.05, 3.63) is 35.9 Å². The average molecular weight is 427 g/mol. The first kappa shape index (κ1) is 23.2. The first-order valence-corrected chi connectivity index (χ1v) is 11.1. The number of anilines is 1. The number of hydrogen-bond donors (Lipinski definition) is 1. The molecule has 0 radical (unpaired) electrons. The third kappa shape index (κ3) is 6.48. The van der Waals surface area contributed by atoms with Gasteiger partial charge < -0.3 is 14.8 Å². The van der Waals surface area contributed by atoms with Gasteiger partial charge in [0.1, 0.15) is 18.7 Å². The number of nitrogens with one attached hydrogen (secondary N) is 1. The molecule has 1 aliphatic rings. The number of hydrogen-bond acceptors (Lipinski definition) is 6. The van der Waals surface area contributed by atoms with E-state index in [1.807, 2.05) is 32.0 Å². The van der Waals surface area contributed by atoms with Crippen LogP contribution in [0.2, 0.25) is 0 Å². The third-order valence-corrected chi connectivity index (χ3v) is 5.51. The van der Waals surface area contributed by atoms with Gasteiger partial charge in [0.05, 0.1) is 6.61 Å². The number of carbonyl (C=O) groups is 1. The molecule has 2 aromatic rings. The lowest BCUT2D eigenvalue weighted by Gasteiger charge is -2.22. The molecule has 0 unspecified atom stereocenters. The summed E-state index contributed by atoms with van der Waals surface area (Å²) >= 11 is 0. The van der Waals surface area contributed by atoms with Crippen LogP contribution in [0.1, 0.15) is 37.6 Å². The van der Waals surface area contributed by atoms with Crippen molar-refractivity contribution < 1.29 is 14.3 Å². The Balaban J connectivity index is 1.80. The Bertz CT molecular complexity index is 863. The lowest BCUT2D eigenvalue weighted by Crippen LogP contribution is -2.32. The van der Waals surface area contributed by atoms with E-state index in [1.165, 1.54) is 0 Å². The summed E-state index contributed by atoms with van der Waals surface area (Å²) in [5, 5.41) is 3.04. The first-order valence-electron chi connectivity index (χ1n) is 11.1. The van der Waals surface area contributed by atoms with Gasteiger partial charge in [0, 0.05) is 54.3 Å². The molecule has 0 atom stereocenters. The van der Waals surface area contributed by atoms with Gasteiger partial charge in [0.2, 0.25) is 5.91 Å². The summed E-state index contributed by atoms with van der Waals surface area (Å²) in [4.78, 5) is 23.3. The van der Waals surface area contributed by atoms with Crippen LogP contribution in [0.5, 0.6) is 5.75 Å². The molecule has 1 N–H and O–H groups in total. The fourth-order valence-corrected chi connectivity index (χ4v) is 3.66. The maximum Gasteiger partial charge on any atom is 0.227 e. The number of amides is 1. The Hall–Kier alpha value is -2.51. The number of ether oxygens (including phenoxy) is 2. The number of aromatic nitrogens is 2. The highest BCUT2D eigenvalue weighted by Crippen LogP contribution is 2.36. The zero-order valence-corrected chi connectivity index (χ0v) is 19.1. The first-order chi connectivity index (χ1) is 15.0. The van der Waals surface area contributed by atoms with E-state index >= 15 is 0 Å². The normalized spacial score (nSPS) is 13.5. The molecule has 1 saturated carbocycles. The Labute approximate surface area is 185 Å². The summed E-state index contributed by atoms with van der Waals surface area (Å²) in [6.45, 7) is 10.1. The van der Waals surface area contributed by atoms with Crippen molar-refractivity contribution in [3.8, 4) is 16.9 Å². The van der Waals surface area contributed by atoms with Crippen LogP contribution >= 0.6 is 0 Å². The molecule has 1 aliphatic carbocycles. The quantitative estimate of drug-likeness (QED) is 0.556. The number of benzene rings is 1. The van der Waals surface area contributed by atoms with Crippen LogP contribution in [-0.2, 0) is 9.53 Å². The van der Waals surface area contributed by atoms with Crippen molar-refractivity contribution in [1.29, 1.82) is 0 Å². The molecule has 1 fully saturated rings. The molecule has 168 valence electrons. The van der Waals surface area contributed by atoms with Gasteiger partial charge in [-0.15, -0.1) is 0 Å². The smallest absolute Gasteiger partial charge is 0.227 e. The van der Waals surface area contributed by atoms with Crippen molar-refractivity contribution in [3.63, 3.8) is 0 Å². The number of methoxy groups -OCH3 is 1. The van der Waals surface area contributed by atoms with Gasteiger partial charge in [-0.25, -0.2) is 9.97 Å². The summed E-state index contributed by atoms with van der Waals surface area (Å²) in [6.07, 6.45) is 4.61. The zero-order chi connectivity index (χ0) is 22.2. The third-order valence-electron chi connectivity index (χ3n) is 5.51. The van der Waals surface area contributed by atoms with Crippen LogP contribution in [0.25, 0.3) is 11.1 Å². The molecule has 31 heavy (non-hydrogen) atoms. The Morgan fingerprint density at radius 2 is 1.84 bits per heavy atom. The topological polar surface area (TPSA) is 76.6 Å². The zero-order valence-electron chi connectivity index (χ0n) is 19.1. The molecular formula is C24H34N4O3. The fourth-order valence-electron chi connectivity index (χ4n) is 3.66. The predicted molar refractivity (Wildman–Crippen MR) is 122 cm³/mol. The predicted octanol–water partition coefficient (Wildman–Crippen LogP) is 3.85. The lowest BCUT2D eigenvalue weighted by molar-refractivity contribution is -0.117. The SMILES string of the molecule is CCCN(CCOC)CCOc1ccc(NC(=O)C2CC2)cc1-c1c(C)ncnc1C. The number of carbonyl (C=O) groups excluding carboxylic acids is 1. The van der Waals surface area contributed by atoms with Crippen LogP contribution < -0.4 is 10.1 Å². The monoisotopic (exact) mass is 426 g/mol.